The second-order valence-corrected chi connectivity index (χ2v) is 5.55. The molecule has 2 aromatic rings. The van der Waals surface area contributed by atoms with Crippen molar-refractivity contribution in [2.75, 3.05) is 0 Å². The molecule has 0 N–H and O–H groups in total. The molecule has 0 aliphatic heterocycles. The summed E-state index contributed by atoms with van der Waals surface area (Å²) in [4.78, 5) is 11.0. The molecule has 2 heteroatoms. The molecule has 0 heterocycles. The summed E-state index contributed by atoms with van der Waals surface area (Å²) in [5.41, 5.74) is 4.94. The van der Waals surface area contributed by atoms with E-state index in [0.29, 0.717) is 13.0 Å². The minimum Gasteiger partial charge on any atom is -0.489 e. The second-order valence-electron chi connectivity index (χ2n) is 5.55. The molecule has 0 amide bonds. The first-order valence-electron chi connectivity index (χ1n) is 7.32. The maximum Gasteiger partial charge on any atom is 0.130 e. The van der Waals surface area contributed by atoms with Crippen LogP contribution in [0.15, 0.2) is 42.5 Å². The van der Waals surface area contributed by atoms with Gasteiger partial charge in [0.15, 0.2) is 0 Å². The van der Waals surface area contributed by atoms with Gasteiger partial charge in [-0.25, -0.2) is 0 Å². The standard InChI is InChI=1S/C19H22O2/c1-14-4-6-18(12-15(14)2)13-21-19-10-8-17(9-11-19)7-5-16(3)20/h4,6,8-12H,5,7,13H2,1-3H3. The highest BCUT2D eigenvalue weighted by molar-refractivity contribution is 5.75. The lowest BCUT2D eigenvalue weighted by Gasteiger charge is -2.09. The van der Waals surface area contributed by atoms with Crippen LogP contribution in [0.1, 0.15) is 35.6 Å². The lowest BCUT2D eigenvalue weighted by Crippen LogP contribution is -1.97. The Bertz CT molecular complexity index is 612. The van der Waals surface area contributed by atoms with Crippen molar-refractivity contribution in [2.45, 2.75) is 40.2 Å². The Morgan fingerprint density at radius 3 is 2.24 bits per heavy atom. The van der Waals surface area contributed by atoms with Gasteiger partial charge in [0, 0.05) is 6.42 Å². The highest BCUT2D eigenvalue weighted by Gasteiger charge is 2.00. The van der Waals surface area contributed by atoms with Crippen LogP contribution in [0.4, 0.5) is 0 Å². The third-order valence-corrected chi connectivity index (χ3v) is 3.67. The Morgan fingerprint density at radius 1 is 0.952 bits per heavy atom. The summed E-state index contributed by atoms with van der Waals surface area (Å²) in [6.07, 6.45) is 1.40. The normalized spacial score (nSPS) is 10.4. The van der Waals surface area contributed by atoms with E-state index < -0.39 is 0 Å². The molecular weight excluding hydrogens is 260 g/mol. The van der Waals surface area contributed by atoms with Crippen molar-refractivity contribution in [3.63, 3.8) is 0 Å². The van der Waals surface area contributed by atoms with Crippen LogP contribution < -0.4 is 4.74 Å². The first-order valence-corrected chi connectivity index (χ1v) is 7.32. The zero-order valence-corrected chi connectivity index (χ0v) is 13.0. The van der Waals surface area contributed by atoms with Crippen LogP contribution in [0.5, 0.6) is 5.75 Å². The number of aryl methyl sites for hydroxylation is 3. The minimum absolute atomic E-state index is 0.227. The molecule has 2 nitrogen and oxygen atoms in total. The molecule has 0 bridgehead atoms. The zero-order chi connectivity index (χ0) is 15.2. The van der Waals surface area contributed by atoms with Gasteiger partial charge in [-0.3, -0.25) is 0 Å². The predicted molar refractivity (Wildman–Crippen MR) is 85.7 cm³/mol. The van der Waals surface area contributed by atoms with Crippen molar-refractivity contribution >= 4 is 5.78 Å². The number of ketones is 1. The third kappa shape index (κ3) is 4.75. The minimum atomic E-state index is 0.227. The average molecular weight is 282 g/mol. The topological polar surface area (TPSA) is 26.3 Å². The number of Topliss-reactive ketones (excluding diaryl/α,β-unsaturated/α-hetero) is 1. The van der Waals surface area contributed by atoms with Crippen LogP contribution in [0, 0.1) is 13.8 Å². The largest absolute Gasteiger partial charge is 0.489 e. The Morgan fingerprint density at radius 2 is 1.62 bits per heavy atom. The Kier molecular flexibility index (Phi) is 5.15. The highest BCUT2D eigenvalue weighted by atomic mass is 16.5. The molecule has 0 aliphatic rings. The number of carbonyl (C=O) groups is 1. The van der Waals surface area contributed by atoms with Gasteiger partial charge in [-0.05, 0) is 61.6 Å². The van der Waals surface area contributed by atoms with Gasteiger partial charge < -0.3 is 9.53 Å². The molecule has 0 unspecified atom stereocenters. The summed E-state index contributed by atoms with van der Waals surface area (Å²) in [6.45, 7) is 6.43. The van der Waals surface area contributed by atoms with Gasteiger partial charge in [-0.2, -0.15) is 0 Å². The van der Waals surface area contributed by atoms with Crippen LogP contribution in [-0.4, -0.2) is 5.78 Å². The number of benzene rings is 2. The molecule has 0 spiro atoms. The van der Waals surface area contributed by atoms with Gasteiger partial charge in [-0.1, -0.05) is 30.3 Å². The van der Waals surface area contributed by atoms with Crippen LogP contribution in [0.25, 0.3) is 0 Å². The molecule has 21 heavy (non-hydrogen) atoms. The zero-order valence-electron chi connectivity index (χ0n) is 13.0. The van der Waals surface area contributed by atoms with Crippen molar-refractivity contribution in [3.05, 3.63) is 64.7 Å². The van der Waals surface area contributed by atoms with Gasteiger partial charge in [0.25, 0.3) is 0 Å². The van der Waals surface area contributed by atoms with Crippen molar-refractivity contribution in [1.29, 1.82) is 0 Å². The van der Waals surface area contributed by atoms with E-state index in [1.54, 1.807) is 6.92 Å². The van der Waals surface area contributed by atoms with Crippen LogP contribution in [-0.2, 0) is 17.8 Å². The van der Waals surface area contributed by atoms with Crippen LogP contribution >= 0.6 is 0 Å². The van der Waals surface area contributed by atoms with Crippen molar-refractivity contribution < 1.29 is 9.53 Å². The van der Waals surface area contributed by atoms with E-state index in [1.165, 1.54) is 22.3 Å². The summed E-state index contributed by atoms with van der Waals surface area (Å²) < 4.78 is 5.80. The van der Waals surface area contributed by atoms with E-state index in [-0.39, 0.29) is 5.78 Å². The molecule has 0 aliphatic carbocycles. The maximum absolute atomic E-state index is 11.0. The SMILES string of the molecule is CC(=O)CCc1ccc(OCc2ccc(C)c(C)c2)cc1. The van der Waals surface area contributed by atoms with Crippen molar-refractivity contribution in [3.8, 4) is 5.75 Å². The summed E-state index contributed by atoms with van der Waals surface area (Å²) in [5, 5.41) is 0. The second kappa shape index (κ2) is 7.07. The molecule has 110 valence electrons. The van der Waals surface area contributed by atoms with E-state index in [2.05, 4.69) is 32.0 Å². The fraction of sp³-hybridized carbons (Fsp3) is 0.316. The Hall–Kier alpha value is -2.09. The summed E-state index contributed by atoms with van der Waals surface area (Å²) in [6, 6.07) is 14.4. The molecule has 2 rings (SSSR count). The third-order valence-electron chi connectivity index (χ3n) is 3.67. The van der Waals surface area contributed by atoms with E-state index in [1.807, 2.05) is 24.3 Å². The van der Waals surface area contributed by atoms with E-state index >= 15 is 0 Å². The number of carbonyl (C=O) groups excluding carboxylic acids is 1. The first-order chi connectivity index (χ1) is 10.0. The molecule has 0 aromatic heterocycles. The van der Waals surface area contributed by atoms with Gasteiger partial charge >= 0.3 is 0 Å². The van der Waals surface area contributed by atoms with Crippen molar-refractivity contribution in [1.82, 2.24) is 0 Å². The number of hydrogen-bond donors (Lipinski definition) is 0. The smallest absolute Gasteiger partial charge is 0.130 e. The lowest BCUT2D eigenvalue weighted by molar-refractivity contribution is -0.116. The summed E-state index contributed by atoms with van der Waals surface area (Å²) >= 11 is 0. The monoisotopic (exact) mass is 282 g/mol. The van der Waals surface area contributed by atoms with Gasteiger partial charge in [0.2, 0.25) is 0 Å². The average Bonchev–Trinajstić information content (AvgIpc) is 2.47. The van der Waals surface area contributed by atoms with E-state index in [0.717, 1.165) is 12.2 Å². The Balaban J connectivity index is 1.91. The summed E-state index contributed by atoms with van der Waals surface area (Å²) in [5.74, 6) is 1.09. The molecular formula is C19H22O2. The molecule has 0 fully saturated rings. The molecule has 0 atom stereocenters. The van der Waals surface area contributed by atoms with E-state index in [9.17, 15) is 4.79 Å². The van der Waals surface area contributed by atoms with Gasteiger partial charge in [0.05, 0.1) is 0 Å². The fourth-order valence-electron chi connectivity index (χ4n) is 2.13. The van der Waals surface area contributed by atoms with Crippen LogP contribution in [0.3, 0.4) is 0 Å². The lowest BCUT2D eigenvalue weighted by atomic mass is 10.1. The van der Waals surface area contributed by atoms with Gasteiger partial charge in [-0.15, -0.1) is 0 Å². The highest BCUT2D eigenvalue weighted by Crippen LogP contribution is 2.16. The fourth-order valence-corrected chi connectivity index (χ4v) is 2.13. The first kappa shape index (κ1) is 15.3. The molecule has 2 aromatic carbocycles. The quantitative estimate of drug-likeness (QED) is 0.784. The molecule has 0 saturated carbocycles. The predicted octanol–water partition coefficient (Wildman–Crippen LogP) is 4.40. The Labute approximate surface area is 126 Å². The molecule has 0 saturated heterocycles. The van der Waals surface area contributed by atoms with Crippen LogP contribution in [0.2, 0.25) is 0 Å². The van der Waals surface area contributed by atoms with Gasteiger partial charge in [0.1, 0.15) is 18.1 Å². The number of hydrogen-bond acceptors (Lipinski definition) is 2. The van der Waals surface area contributed by atoms with Crippen molar-refractivity contribution in [2.24, 2.45) is 0 Å². The summed E-state index contributed by atoms with van der Waals surface area (Å²) in [7, 11) is 0. The number of rotatable bonds is 6. The molecule has 0 radical (unpaired) electrons. The van der Waals surface area contributed by atoms with E-state index in [4.69, 9.17) is 4.74 Å². The number of ether oxygens (including phenoxy) is 1. The maximum atomic E-state index is 11.0.